The van der Waals surface area contributed by atoms with Gasteiger partial charge in [-0.3, -0.25) is 9.78 Å². The standard InChI is InChI=1S/C27H26N6O/c34-23-10-11-28-27-24(23)25(18-12-19-7-8-20(13-18)31-19)32-26-21(15-30-33(26)27)17-6-9-22(29-14-17)16-4-2-1-3-5-16/h1-6,9,14-15,18-20,28,31H,7-8,10-13H2/t18?,19-,20+. The summed E-state index contributed by atoms with van der Waals surface area (Å²) in [5, 5.41) is 11.8. The van der Waals surface area contributed by atoms with Gasteiger partial charge in [-0.15, -0.1) is 0 Å². The molecule has 7 rings (SSSR count). The summed E-state index contributed by atoms with van der Waals surface area (Å²) < 4.78 is 1.81. The van der Waals surface area contributed by atoms with Crippen molar-refractivity contribution < 1.29 is 4.79 Å². The van der Waals surface area contributed by atoms with Crippen molar-refractivity contribution in [2.75, 3.05) is 11.9 Å². The van der Waals surface area contributed by atoms with Gasteiger partial charge in [-0.2, -0.15) is 9.61 Å². The highest BCUT2D eigenvalue weighted by Crippen LogP contribution is 2.41. The topological polar surface area (TPSA) is 84.2 Å². The Morgan fingerprint density at radius 2 is 1.76 bits per heavy atom. The Bertz CT molecular complexity index is 1380. The lowest BCUT2D eigenvalue weighted by Gasteiger charge is -2.31. The van der Waals surface area contributed by atoms with Gasteiger partial charge in [0.25, 0.3) is 0 Å². The van der Waals surface area contributed by atoms with Crippen LogP contribution in [0.25, 0.3) is 28.0 Å². The number of benzene rings is 1. The highest BCUT2D eigenvalue weighted by atomic mass is 16.1. The monoisotopic (exact) mass is 450 g/mol. The number of hydrogen-bond donors (Lipinski definition) is 2. The van der Waals surface area contributed by atoms with Crippen molar-refractivity contribution in [2.24, 2.45) is 0 Å². The number of nitrogens with one attached hydrogen (secondary N) is 2. The van der Waals surface area contributed by atoms with Gasteiger partial charge in [0.15, 0.2) is 11.4 Å². The van der Waals surface area contributed by atoms with Crippen molar-refractivity contribution in [3.8, 4) is 22.4 Å². The van der Waals surface area contributed by atoms with E-state index >= 15 is 0 Å². The number of nitrogens with zero attached hydrogens (tertiary/aromatic N) is 4. The second-order valence-corrected chi connectivity index (χ2v) is 9.72. The van der Waals surface area contributed by atoms with Crippen LogP contribution in [0.3, 0.4) is 0 Å². The van der Waals surface area contributed by atoms with E-state index in [1.807, 2.05) is 41.2 Å². The normalized spacial score (nSPS) is 23.6. The summed E-state index contributed by atoms with van der Waals surface area (Å²) in [6.07, 6.45) is 8.75. The first-order valence-corrected chi connectivity index (χ1v) is 12.2. The average Bonchev–Trinajstić information content (AvgIpc) is 3.46. The van der Waals surface area contributed by atoms with Gasteiger partial charge in [0.05, 0.1) is 23.1 Å². The minimum Gasteiger partial charge on any atom is -0.369 e. The molecule has 2 bridgehead atoms. The summed E-state index contributed by atoms with van der Waals surface area (Å²) >= 11 is 0. The first-order chi connectivity index (χ1) is 16.7. The first kappa shape index (κ1) is 19.9. The van der Waals surface area contributed by atoms with Crippen LogP contribution in [-0.2, 0) is 0 Å². The molecule has 4 aromatic rings. The number of carbonyl (C=O) groups excluding carboxylic acids is 1. The lowest BCUT2D eigenvalue weighted by molar-refractivity contribution is 0.0980. The van der Waals surface area contributed by atoms with E-state index in [1.165, 1.54) is 12.8 Å². The van der Waals surface area contributed by atoms with Crippen LogP contribution in [0, 0.1) is 0 Å². The summed E-state index contributed by atoms with van der Waals surface area (Å²) in [6.45, 7) is 0.629. The number of anilines is 1. The van der Waals surface area contributed by atoms with E-state index in [4.69, 9.17) is 9.97 Å². The van der Waals surface area contributed by atoms with E-state index in [0.29, 0.717) is 31.0 Å². The number of pyridine rings is 1. The van der Waals surface area contributed by atoms with E-state index in [-0.39, 0.29) is 5.78 Å². The maximum absolute atomic E-state index is 13.1. The van der Waals surface area contributed by atoms with Crippen LogP contribution in [-0.4, -0.2) is 44.0 Å². The fraction of sp³-hybridized carbons (Fsp3) is 0.333. The zero-order valence-corrected chi connectivity index (χ0v) is 18.9. The average molecular weight is 451 g/mol. The van der Waals surface area contributed by atoms with Crippen molar-refractivity contribution in [3.05, 3.63) is 66.1 Å². The van der Waals surface area contributed by atoms with Gasteiger partial charge in [0.2, 0.25) is 0 Å². The molecule has 2 saturated heterocycles. The SMILES string of the molecule is O=C1CCNc2c1c(C1C[C@H]3CC[C@@H](C1)N3)nc1c(-c3ccc(-c4ccccc4)nc3)cnn21. The maximum Gasteiger partial charge on any atom is 0.170 e. The molecule has 2 N–H and O–H groups in total. The molecule has 0 spiro atoms. The summed E-state index contributed by atoms with van der Waals surface area (Å²) in [7, 11) is 0. The molecular formula is C27H26N6O. The Kier molecular flexibility index (Phi) is 4.52. The molecule has 0 saturated carbocycles. The maximum atomic E-state index is 13.1. The zero-order valence-electron chi connectivity index (χ0n) is 18.9. The molecular weight excluding hydrogens is 424 g/mol. The third-order valence-electron chi connectivity index (χ3n) is 7.60. The Hall–Kier alpha value is -3.58. The Morgan fingerprint density at radius 3 is 2.53 bits per heavy atom. The highest BCUT2D eigenvalue weighted by molar-refractivity contribution is 6.04. The van der Waals surface area contributed by atoms with E-state index < -0.39 is 0 Å². The van der Waals surface area contributed by atoms with Gasteiger partial charge in [-0.25, -0.2) is 4.98 Å². The Morgan fingerprint density at radius 1 is 0.941 bits per heavy atom. The summed E-state index contributed by atoms with van der Waals surface area (Å²) in [6, 6.07) is 15.4. The van der Waals surface area contributed by atoms with E-state index in [2.05, 4.69) is 33.9 Å². The van der Waals surface area contributed by atoms with Crippen molar-refractivity contribution in [1.82, 2.24) is 24.9 Å². The minimum absolute atomic E-state index is 0.176. The van der Waals surface area contributed by atoms with Crippen LogP contribution in [0.4, 0.5) is 5.82 Å². The van der Waals surface area contributed by atoms with E-state index in [1.54, 1.807) is 0 Å². The molecule has 7 heteroatoms. The molecule has 2 fully saturated rings. The fourth-order valence-electron chi connectivity index (χ4n) is 5.98. The summed E-state index contributed by atoms with van der Waals surface area (Å²) in [4.78, 5) is 22.9. The molecule has 6 heterocycles. The minimum atomic E-state index is 0.176. The quantitative estimate of drug-likeness (QED) is 0.480. The molecule has 1 unspecified atom stereocenters. The molecule has 1 aromatic carbocycles. The van der Waals surface area contributed by atoms with Gasteiger partial charge in [-0.05, 0) is 31.7 Å². The number of piperidine rings is 1. The fourth-order valence-corrected chi connectivity index (χ4v) is 5.98. The number of ketones is 1. The van der Waals surface area contributed by atoms with Gasteiger partial charge in [0.1, 0.15) is 5.82 Å². The molecule has 0 radical (unpaired) electrons. The molecule has 3 atom stereocenters. The molecule has 3 aliphatic heterocycles. The van der Waals surface area contributed by atoms with Crippen LogP contribution >= 0.6 is 0 Å². The zero-order chi connectivity index (χ0) is 22.6. The molecule has 0 aliphatic carbocycles. The highest BCUT2D eigenvalue weighted by Gasteiger charge is 2.38. The molecule has 170 valence electrons. The Labute approximate surface area is 197 Å². The molecule has 3 aliphatic rings. The van der Waals surface area contributed by atoms with E-state index in [0.717, 1.165) is 57.9 Å². The lowest BCUT2D eigenvalue weighted by Crippen LogP contribution is -2.38. The van der Waals surface area contributed by atoms with Gasteiger partial charge >= 0.3 is 0 Å². The predicted molar refractivity (Wildman–Crippen MR) is 131 cm³/mol. The summed E-state index contributed by atoms with van der Waals surface area (Å²) in [5.74, 6) is 1.26. The van der Waals surface area contributed by atoms with Crippen LogP contribution in [0.2, 0.25) is 0 Å². The predicted octanol–water partition coefficient (Wildman–Crippen LogP) is 4.45. The van der Waals surface area contributed by atoms with Gasteiger partial charge < -0.3 is 10.6 Å². The second-order valence-electron chi connectivity index (χ2n) is 9.72. The Balaban J connectivity index is 1.35. The van der Waals surface area contributed by atoms with E-state index in [9.17, 15) is 4.79 Å². The van der Waals surface area contributed by atoms with Crippen LogP contribution in [0.1, 0.15) is 54.1 Å². The van der Waals surface area contributed by atoms with Crippen LogP contribution < -0.4 is 10.6 Å². The van der Waals surface area contributed by atoms with Crippen LogP contribution in [0.5, 0.6) is 0 Å². The van der Waals surface area contributed by atoms with Gasteiger partial charge in [-0.1, -0.05) is 36.4 Å². The molecule has 0 amide bonds. The van der Waals surface area contributed by atoms with Crippen molar-refractivity contribution in [2.45, 2.75) is 50.1 Å². The third-order valence-corrected chi connectivity index (χ3v) is 7.60. The number of carbonyl (C=O) groups is 1. The third kappa shape index (κ3) is 3.15. The van der Waals surface area contributed by atoms with Crippen LogP contribution in [0.15, 0.2) is 54.9 Å². The summed E-state index contributed by atoms with van der Waals surface area (Å²) in [5.41, 5.74) is 6.42. The molecule has 3 aromatic heterocycles. The largest absolute Gasteiger partial charge is 0.369 e. The van der Waals surface area contributed by atoms with Gasteiger partial charge in [0, 0.05) is 53.9 Å². The molecule has 7 nitrogen and oxygen atoms in total. The number of rotatable bonds is 3. The van der Waals surface area contributed by atoms with Crippen molar-refractivity contribution in [3.63, 3.8) is 0 Å². The number of aromatic nitrogens is 4. The van der Waals surface area contributed by atoms with Crippen molar-refractivity contribution >= 4 is 17.2 Å². The smallest absolute Gasteiger partial charge is 0.170 e. The number of fused-ring (bicyclic) bond motifs is 5. The number of hydrogen-bond acceptors (Lipinski definition) is 6. The number of Topliss-reactive ketones (excluding diaryl/α,β-unsaturated/α-hetero) is 1. The second kappa shape index (κ2) is 7.74. The van der Waals surface area contributed by atoms with Crippen molar-refractivity contribution in [1.29, 1.82) is 0 Å². The lowest BCUT2D eigenvalue weighted by atomic mass is 9.85. The molecule has 34 heavy (non-hydrogen) atoms. The first-order valence-electron chi connectivity index (χ1n) is 12.2.